The summed E-state index contributed by atoms with van der Waals surface area (Å²) < 4.78 is 0. The molecule has 4 rings (SSSR count). The number of carbonyl (C=O) groups is 1. The first-order valence-corrected chi connectivity index (χ1v) is 9.77. The molecule has 1 aliphatic heterocycles. The summed E-state index contributed by atoms with van der Waals surface area (Å²) in [5, 5.41) is 3.36. The van der Waals surface area contributed by atoms with Crippen molar-refractivity contribution in [2.24, 2.45) is 4.99 Å². The first-order valence-electron chi connectivity index (χ1n) is 8.57. The fourth-order valence-corrected chi connectivity index (χ4v) is 4.19. The van der Waals surface area contributed by atoms with Crippen LogP contribution in [0.4, 0.5) is 5.69 Å². The van der Waals surface area contributed by atoms with Gasteiger partial charge in [-0.2, -0.15) is 0 Å². The summed E-state index contributed by atoms with van der Waals surface area (Å²) in [6.07, 6.45) is 1.93. The van der Waals surface area contributed by atoms with Gasteiger partial charge in [-0.25, -0.2) is 0 Å². The van der Waals surface area contributed by atoms with Gasteiger partial charge in [-0.3, -0.25) is 9.79 Å². The molecule has 5 heteroatoms. The van der Waals surface area contributed by atoms with Crippen molar-refractivity contribution in [2.75, 3.05) is 5.32 Å². The standard InChI is InChI=1S/C22H17ClN2OS/c1-14-9-15-12-24-13-16(15)10-21(14)27-18-6-4-5-17(11-18)25-22(26)19-7-2-3-8-20(19)23/h2-11,13H,12H2,1H3,(H,25,26). The molecule has 0 atom stereocenters. The molecule has 1 amide bonds. The number of carbonyl (C=O) groups excluding carboxylic acids is 1. The molecule has 0 radical (unpaired) electrons. The van der Waals surface area contributed by atoms with Crippen LogP contribution >= 0.6 is 23.4 Å². The Morgan fingerprint density at radius 1 is 1.11 bits per heavy atom. The summed E-state index contributed by atoms with van der Waals surface area (Å²) in [6, 6.07) is 19.2. The summed E-state index contributed by atoms with van der Waals surface area (Å²) in [4.78, 5) is 19.1. The molecule has 0 fully saturated rings. The number of hydrogen-bond acceptors (Lipinski definition) is 3. The van der Waals surface area contributed by atoms with E-state index in [0.717, 1.165) is 17.1 Å². The van der Waals surface area contributed by atoms with Crippen molar-refractivity contribution in [3.63, 3.8) is 0 Å². The van der Waals surface area contributed by atoms with E-state index in [1.165, 1.54) is 21.6 Å². The molecule has 0 spiro atoms. The number of rotatable bonds is 4. The second-order valence-corrected chi connectivity index (χ2v) is 7.87. The third-order valence-electron chi connectivity index (χ3n) is 4.37. The molecule has 0 aliphatic carbocycles. The van der Waals surface area contributed by atoms with Gasteiger partial charge >= 0.3 is 0 Å². The van der Waals surface area contributed by atoms with Crippen LogP contribution in [0.15, 0.2) is 75.4 Å². The number of benzene rings is 3. The average Bonchev–Trinajstić information content (AvgIpc) is 3.09. The number of aryl methyl sites for hydroxylation is 1. The maximum absolute atomic E-state index is 12.5. The van der Waals surface area contributed by atoms with Gasteiger partial charge in [0.05, 0.1) is 17.1 Å². The first-order chi connectivity index (χ1) is 13.1. The minimum atomic E-state index is -0.215. The normalized spacial score (nSPS) is 12.1. The van der Waals surface area contributed by atoms with Crippen molar-refractivity contribution in [3.8, 4) is 0 Å². The van der Waals surface area contributed by atoms with Crippen LogP contribution in [0.5, 0.6) is 0 Å². The monoisotopic (exact) mass is 392 g/mol. The smallest absolute Gasteiger partial charge is 0.257 e. The zero-order chi connectivity index (χ0) is 18.8. The number of aliphatic imine (C=N–C) groups is 1. The Morgan fingerprint density at radius 2 is 1.96 bits per heavy atom. The van der Waals surface area contributed by atoms with Gasteiger partial charge in [0.1, 0.15) is 0 Å². The summed E-state index contributed by atoms with van der Waals surface area (Å²) in [7, 11) is 0. The second kappa shape index (κ2) is 7.59. The maximum atomic E-state index is 12.5. The van der Waals surface area contributed by atoms with Crippen LogP contribution in [0.3, 0.4) is 0 Å². The van der Waals surface area contributed by atoms with Crippen molar-refractivity contribution in [1.29, 1.82) is 0 Å². The zero-order valence-electron chi connectivity index (χ0n) is 14.7. The van der Waals surface area contributed by atoms with Gasteiger partial charge in [0.2, 0.25) is 0 Å². The van der Waals surface area contributed by atoms with E-state index in [0.29, 0.717) is 10.6 Å². The lowest BCUT2D eigenvalue weighted by Crippen LogP contribution is -2.12. The Morgan fingerprint density at radius 3 is 2.81 bits per heavy atom. The van der Waals surface area contributed by atoms with Gasteiger partial charge in [0.15, 0.2) is 0 Å². The number of halogens is 1. The lowest BCUT2D eigenvalue weighted by Gasteiger charge is -2.11. The van der Waals surface area contributed by atoms with Crippen molar-refractivity contribution >= 4 is 41.2 Å². The zero-order valence-corrected chi connectivity index (χ0v) is 16.3. The first kappa shape index (κ1) is 17.8. The molecular formula is C22H17ClN2OS. The van der Waals surface area contributed by atoms with Gasteiger partial charge in [0, 0.05) is 21.7 Å². The number of hydrogen-bond donors (Lipinski definition) is 1. The van der Waals surface area contributed by atoms with E-state index in [1.54, 1.807) is 36.0 Å². The van der Waals surface area contributed by atoms with Crippen LogP contribution in [-0.2, 0) is 6.54 Å². The number of anilines is 1. The molecular weight excluding hydrogens is 376 g/mol. The van der Waals surface area contributed by atoms with Gasteiger partial charge < -0.3 is 5.32 Å². The van der Waals surface area contributed by atoms with E-state index in [2.05, 4.69) is 29.4 Å². The molecule has 134 valence electrons. The van der Waals surface area contributed by atoms with E-state index in [4.69, 9.17) is 11.6 Å². The maximum Gasteiger partial charge on any atom is 0.257 e. The summed E-state index contributed by atoms with van der Waals surface area (Å²) in [5.41, 5.74) is 4.90. The largest absolute Gasteiger partial charge is 0.322 e. The molecule has 27 heavy (non-hydrogen) atoms. The minimum Gasteiger partial charge on any atom is -0.322 e. The van der Waals surface area contributed by atoms with E-state index in [1.807, 2.05) is 30.5 Å². The lowest BCUT2D eigenvalue weighted by atomic mass is 10.1. The van der Waals surface area contributed by atoms with Crippen LogP contribution in [-0.4, -0.2) is 12.1 Å². The highest BCUT2D eigenvalue weighted by Crippen LogP contribution is 2.34. The lowest BCUT2D eigenvalue weighted by molar-refractivity contribution is 0.102. The highest BCUT2D eigenvalue weighted by molar-refractivity contribution is 7.99. The topological polar surface area (TPSA) is 41.5 Å². The molecule has 1 N–H and O–H groups in total. The number of amides is 1. The fourth-order valence-electron chi connectivity index (χ4n) is 2.98. The SMILES string of the molecule is Cc1cc2c(cc1Sc1cccc(NC(=O)c3ccccc3Cl)c1)C=NC2. The van der Waals surface area contributed by atoms with E-state index in [-0.39, 0.29) is 5.91 Å². The highest BCUT2D eigenvalue weighted by Gasteiger charge is 2.12. The summed E-state index contributed by atoms with van der Waals surface area (Å²) in [5.74, 6) is -0.215. The number of nitrogens with zero attached hydrogens (tertiary/aromatic N) is 1. The predicted octanol–water partition coefficient (Wildman–Crippen LogP) is 5.98. The third kappa shape index (κ3) is 3.92. The highest BCUT2D eigenvalue weighted by atomic mass is 35.5. The van der Waals surface area contributed by atoms with Crippen molar-refractivity contribution in [2.45, 2.75) is 23.3 Å². The second-order valence-electron chi connectivity index (χ2n) is 6.35. The minimum absolute atomic E-state index is 0.215. The summed E-state index contributed by atoms with van der Waals surface area (Å²) in [6.45, 7) is 2.88. The Bertz CT molecular complexity index is 1060. The molecule has 1 aliphatic rings. The van der Waals surface area contributed by atoms with Crippen LogP contribution < -0.4 is 5.32 Å². The molecule has 0 saturated carbocycles. The fraction of sp³-hybridized carbons (Fsp3) is 0.0909. The van der Waals surface area contributed by atoms with Gasteiger partial charge in [-0.05, 0) is 60.0 Å². The summed E-state index contributed by atoms with van der Waals surface area (Å²) >= 11 is 7.79. The van der Waals surface area contributed by atoms with Crippen molar-refractivity contribution in [1.82, 2.24) is 0 Å². The van der Waals surface area contributed by atoms with Crippen LogP contribution in [0.25, 0.3) is 0 Å². The molecule has 0 saturated heterocycles. The van der Waals surface area contributed by atoms with E-state index >= 15 is 0 Å². The Balaban J connectivity index is 1.54. The predicted molar refractivity (Wildman–Crippen MR) is 112 cm³/mol. The molecule has 3 aromatic rings. The van der Waals surface area contributed by atoms with Gasteiger partial charge in [-0.15, -0.1) is 0 Å². The molecule has 0 bridgehead atoms. The van der Waals surface area contributed by atoms with Gasteiger partial charge in [0.25, 0.3) is 5.91 Å². The molecule has 3 nitrogen and oxygen atoms in total. The van der Waals surface area contributed by atoms with Crippen molar-refractivity contribution < 1.29 is 4.79 Å². The third-order valence-corrected chi connectivity index (χ3v) is 5.85. The molecule has 0 unspecified atom stereocenters. The molecule has 0 aromatic heterocycles. The Labute approximate surface area is 167 Å². The van der Waals surface area contributed by atoms with E-state index in [9.17, 15) is 4.79 Å². The van der Waals surface area contributed by atoms with Crippen LogP contribution in [0, 0.1) is 6.92 Å². The molecule has 3 aromatic carbocycles. The number of fused-ring (bicyclic) bond motifs is 1. The van der Waals surface area contributed by atoms with E-state index < -0.39 is 0 Å². The Kier molecular flexibility index (Phi) is 5.01. The Hall–Kier alpha value is -2.56. The van der Waals surface area contributed by atoms with Gasteiger partial charge in [-0.1, -0.05) is 47.6 Å². The quantitative estimate of drug-likeness (QED) is 0.593. The average molecular weight is 393 g/mol. The molecule has 1 heterocycles. The van der Waals surface area contributed by atoms with Crippen molar-refractivity contribution in [3.05, 3.63) is 87.9 Å². The number of nitrogens with one attached hydrogen (secondary N) is 1. The van der Waals surface area contributed by atoms with Crippen LogP contribution in [0.2, 0.25) is 5.02 Å². The van der Waals surface area contributed by atoms with Crippen LogP contribution in [0.1, 0.15) is 27.0 Å².